The molecule has 0 fully saturated rings. The van der Waals surface area contributed by atoms with Crippen LogP contribution in [0.5, 0.6) is 0 Å². The summed E-state index contributed by atoms with van der Waals surface area (Å²) in [7, 11) is 0. The normalized spacial score (nSPS) is 28.6. The highest BCUT2D eigenvalue weighted by atomic mass is 14.9. The van der Waals surface area contributed by atoms with E-state index in [1.807, 2.05) is 18.5 Å². The van der Waals surface area contributed by atoms with E-state index in [1.54, 1.807) is 0 Å². The van der Waals surface area contributed by atoms with Crippen molar-refractivity contribution in [1.29, 1.82) is 0 Å². The molecule has 0 amide bonds. The molecule has 1 aliphatic carbocycles. The molecule has 14 heavy (non-hydrogen) atoms. The molecule has 2 nitrogen and oxygen atoms in total. The second-order valence-corrected chi connectivity index (χ2v) is 3.82. The third kappa shape index (κ3) is 1.10. The molecule has 3 rings (SSSR count). The summed E-state index contributed by atoms with van der Waals surface area (Å²) < 4.78 is 0. The van der Waals surface area contributed by atoms with E-state index in [0.717, 1.165) is 25.0 Å². The molecule has 0 aromatic carbocycles. The van der Waals surface area contributed by atoms with Crippen LogP contribution in [-0.4, -0.2) is 12.4 Å². The third-order valence-electron chi connectivity index (χ3n) is 2.92. The molecule has 0 bridgehead atoms. The lowest BCUT2D eigenvalue weighted by Gasteiger charge is -2.25. The summed E-state index contributed by atoms with van der Waals surface area (Å²) in [5.74, 6) is 0.467. The number of aliphatic imine (C=N–C) groups is 2. The number of hydrogen-bond donors (Lipinski definition) is 0. The maximum atomic E-state index is 4.47. The standard InChI is InChI=1S/C12H12N2/c1-3-9-5-6-10-4-2-8-14-12(10)11(9)13-7-1/h1,3,6-9H,2,4-5H2/t9-/m0/s1. The molecule has 0 aromatic heterocycles. The van der Waals surface area contributed by atoms with E-state index in [-0.39, 0.29) is 0 Å². The van der Waals surface area contributed by atoms with Crippen molar-refractivity contribution in [3.63, 3.8) is 0 Å². The molecule has 70 valence electrons. The van der Waals surface area contributed by atoms with Crippen LogP contribution in [-0.2, 0) is 0 Å². The van der Waals surface area contributed by atoms with E-state index in [9.17, 15) is 0 Å². The fourth-order valence-electron chi connectivity index (χ4n) is 2.20. The van der Waals surface area contributed by atoms with Crippen molar-refractivity contribution in [3.8, 4) is 0 Å². The van der Waals surface area contributed by atoms with Crippen LogP contribution in [0.4, 0.5) is 0 Å². The quantitative estimate of drug-likeness (QED) is 0.553. The summed E-state index contributed by atoms with van der Waals surface area (Å²) >= 11 is 0. The number of hydrogen-bond acceptors (Lipinski definition) is 2. The number of rotatable bonds is 0. The van der Waals surface area contributed by atoms with Gasteiger partial charge in [0.05, 0.1) is 11.4 Å². The third-order valence-corrected chi connectivity index (χ3v) is 2.92. The van der Waals surface area contributed by atoms with Crippen molar-refractivity contribution in [2.75, 3.05) is 0 Å². The van der Waals surface area contributed by atoms with Crippen LogP contribution in [0.2, 0.25) is 0 Å². The molecule has 0 spiro atoms. The summed E-state index contributed by atoms with van der Waals surface area (Å²) in [5, 5.41) is 0. The van der Waals surface area contributed by atoms with Gasteiger partial charge in [0.1, 0.15) is 0 Å². The van der Waals surface area contributed by atoms with E-state index >= 15 is 0 Å². The van der Waals surface area contributed by atoms with Gasteiger partial charge < -0.3 is 0 Å². The first-order chi connectivity index (χ1) is 6.95. The van der Waals surface area contributed by atoms with Crippen LogP contribution in [0, 0.1) is 5.92 Å². The lowest BCUT2D eigenvalue weighted by atomic mass is 9.87. The Morgan fingerprint density at radius 2 is 2.29 bits per heavy atom. The van der Waals surface area contributed by atoms with Gasteiger partial charge in [0.2, 0.25) is 0 Å². The van der Waals surface area contributed by atoms with E-state index < -0.39 is 0 Å². The Morgan fingerprint density at radius 1 is 1.29 bits per heavy atom. The van der Waals surface area contributed by atoms with Gasteiger partial charge in [-0.05, 0) is 30.9 Å². The Kier molecular flexibility index (Phi) is 1.72. The molecule has 2 heteroatoms. The van der Waals surface area contributed by atoms with Crippen LogP contribution in [0.15, 0.2) is 45.2 Å². The van der Waals surface area contributed by atoms with Gasteiger partial charge in [-0.15, -0.1) is 0 Å². The van der Waals surface area contributed by atoms with Crippen molar-refractivity contribution in [2.24, 2.45) is 15.9 Å². The fourth-order valence-corrected chi connectivity index (χ4v) is 2.20. The number of fused-ring (bicyclic) bond motifs is 2. The van der Waals surface area contributed by atoms with Crippen molar-refractivity contribution >= 4 is 12.4 Å². The molecule has 2 heterocycles. The van der Waals surface area contributed by atoms with Crippen LogP contribution in [0.3, 0.4) is 0 Å². The maximum Gasteiger partial charge on any atom is 0.0875 e. The zero-order valence-corrected chi connectivity index (χ0v) is 7.98. The first-order valence-corrected chi connectivity index (χ1v) is 5.12. The molecular formula is C12H12N2. The Hall–Kier alpha value is -1.44. The monoisotopic (exact) mass is 184 g/mol. The van der Waals surface area contributed by atoms with E-state index in [2.05, 4.69) is 22.1 Å². The predicted molar refractivity (Wildman–Crippen MR) is 58.6 cm³/mol. The highest BCUT2D eigenvalue weighted by molar-refractivity contribution is 5.75. The highest BCUT2D eigenvalue weighted by Crippen LogP contribution is 2.36. The summed E-state index contributed by atoms with van der Waals surface area (Å²) in [5.41, 5.74) is 3.69. The topological polar surface area (TPSA) is 24.7 Å². The average Bonchev–Trinajstić information content (AvgIpc) is 2.29. The smallest absolute Gasteiger partial charge is 0.0875 e. The molecule has 0 unspecified atom stereocenters. The Bertz CT molecular complexity index is 408. The largest absolute Gasteiger partial charge is 0.259 e. The van der Waals surface area contributed by atoms with Crippen LogP contribution in [0.1, 0.15) is 19.3 Å². The Balaban J connectivity index is 2.13. The van der Waals surface area contributed by atoms with E-state index in [4.69, 9.17) is 0 Å². The van der Waals surface area contributed by atoms with Gasteiger partial charge in [-0.25, -0.2) is 0 Å². The van der Waals surface area contributed by atoms with Crippen LogP contribution in [0.25, 0.3) is 0 Å². The zero-order valence-electron chi connectivity index (χ0n) is 7.98. The Labute approximate surface area is 83.5 Å². The summed E-state index contributed by atoms with van der Waals surface area (Å²) in [6.07, 6.45) is 13.7. The van der Waals surface area contributed by atoms with Gasteiger partial charge in [-0.3, -0.25) is 9.98 Å². The second-order valence-electron chi connectivity index (χ2n) is 3.82. The van der Waals surface area contributed by atoms with Gasteiger partial charge >= 0.3 is 0 Å². The van der Waals surface area contributed by atoms with Crippen LogP contribution >= 0.6 is 0 Å². The zero-order chi connectivity index (χ0) is 9.38. The molecule has 0 saturated heterocycles. The summed E-state index contributed by atoms with van der Waals surface area (Å²) in [6, 6.07) is 0. The number of allylic oxidation sites excluding steroid dienone is 4. The minimum Gasteiger partial charge on any atom is -0.259 e. The van der Waals surface area contributed by atoms with Gasteiger partial charge in [-0.1, -0.05) is 12.2 Å². The molecule has 3 aliphatic rings. The van der Waals surface area contributed by atoms with Crippen molar-refractivity contribution in [2.45, 2.75) is 19.3 Å². The SMILES string of the molecule is C1=C[C@H]2CC=C3CCC=NC3=C2N=C1. The molecule has 1 atom stereocenters. The minimum atomic E-state index is 0.467. The van der Waals surface area contributed by atoms with Gasteiger partial charge in [0, 0.05) is 18.3 Å². The van der Waals surface area contributed by atoms with Gasteiger partial charge in [-0.2, -0.15) is 0 Å². The first-order valence-electron chi connectivity index (χ1n) is 5.12. The lowest BCUT2D eigenvalue weighted by molar-refractivity contribution is 0.713. The van der Waals surface area contributed by atoms with Gasteiger partial charge in [0.15, 0.2) is 0 Å². The first kappa shape index (κ1) is 7.92. The summed E-state index contributed by atoms with van der Waals surface area (Å²) in [4.78, 5) is 8.92. The van der Waals surface area contributed by atoms with Crippen molar-refractivity contribution in [1.82, 2.24) is 0 Å². The molecule has 0 saturated carbocycles. The molecule has 2 aliphatic heterocycles. The molecular weight excluding hydrogens is 172 g/mol. The van der Waals surface area contributed by atoms with E-state index in [0.29, 0.717) is 5.92 Å². The van der Waals surface area contributed by atoms with Crippen molar-refractivity contribution in [3.05, 3.63) is 35.2 Å². The number of dihydropyridines is 1. The maximum absolute atomic E-state index is 4.47. The Morgan fingerprint density at radius 3 is 3.29 bits per heavy atom. The lowest BCUT2D eigenvalue weighted by Crippen LogP contribution is -2.12. The second kappa shape index (κ2) is 3.05. The number of nitrogens with zero attached hydrogens (tertiary/aromatic N) is 2. The highest BCUT2D eigenvalue weighted by Gasteiger charge is 2.24. The average molecular weight is 184 g/mol. The van der Waals surface area contributed by atoms with Crippen LogP contribution < -0.4 is 0 Å². The molecule has 0 aromatic rings. The van der Waals surface area contributed by atoms with Crippen molar-refractivity contribution < 1.29 is 0 Å². The minimum absolute atomic E-state index is 0.467. The van der Waals surface area contributed by atoms with Gasteiger partial charge in [0.25, 0.3) is 0 Å². The summed E-state index contributed by atoms with van der Waals surface area (Å²) in [6.45, 7) is 0. The van der Waals surface area contributed by atoms with E-state index in [1.165, 1.54) is 11.3 Å². The molecule has 0 N–H and O–H groups in total. The predicted octanol–water partition coefficient (Wildman–Crippen LogP) is 2.65. The fraction of sp³-hybridized carbons (Fsp3) is 0.333. The molecule has 0 radical (unpaired) electrons.